The lowest BCUT2D eigenvalue weighted by molar-refractivity contribution is 0.100. The number of carbonyl (C=O) groups excluding carboxylic acids is 1. The number of carbonyl (C=O) groups is 1. The van der Waals surface area contributed by atoms with E-state index in [1.807, 2.05) is 25.1 Å². The molecule has 0 spiro atoms. The van der Waals surface area contributed by atoms with Crippen LogP contribution in [0.2, 0.25) is 0 Å². The minimum absolute atomic E-state index is 0.375. The van der Waals surface area contributed by atoms with E-state index in [2.05, 4.69) is 41.0 Å². The van der Waals surface area contributed by atoms with E-state index < -0.39 is 0 Å². The molecule has 1 amide bonds. The molecule has 1 heterocycles. The van der Waals surface area contributed by atoms with Crippen molar-refractivity contribution in [2.24, 2.45) is 5.73 Å². The number of primary amides is 1. The van der Waals surface area contributed by atoms with Gasteiger partial charge in [-0.05, 0) is 30.7 Å². The van der Waals surface area contributed by atoms with Crippen molar-refractivity contribution in [1.82, 2.24) is 9.80 Å². The zero-order valence-corrected chi connectivity index (χ0v) is 15.5. The second kappa shape index (κ2) is 8.34. The lowest BCUT2D eigenvalue weighted by Gasteiger charge is -2.41. The quantitative estimate of drug-likeness (QED) is 0.529. The maximum atomic E-state index is 11.7. The molecule has 1 fully saturated rings. The van der Waals surface area contributed by atoms with Gasteiger partial charge in [-0.1, -0.05) is 30.3 Å². The smallest absolute Gasteiger partial charge is 0.251 e. The zero-order chi connectivity index (χ0) is 18.4. The highest BCUT2D eigenvalue weighted by atomic mass is 16.1. The molecule has 0 aliphatic carbocycles. The van der Waals surface area contributed by atoms with Gasteiger partial charge in [-0.25, -0.2) is 0 Å². The van der Waals surface area contributed by atoms with Gasteiger partial charge in [0.25, 0.3) is 5.91 Å². The molecule has 0 saturated carbocycles. The van der Waals surface area contributed by atoms with Gasteiger partial charge >= 0.3 is 0 Å². The molecule has 138 valence electrons. The molecule has 3 rings (SSSR count). The zero-order valence-electron chi connectivity index (χ0n) is 15.5. The fourth-order valence-electron chi connectivity index (χ4n) is 3.92. The number of para-hydroxylation sites is 1. The molecular formula is C21H29N4O+. The van der Waals surface area contributed by atoms with Crippen LogP contribution in [-0.4, -0.2) is 45.2 Å². The second-order valence-corrected chi connectivity index (χ2v) is 7.04. The van der Waals surface area contributed by atoms with Gasteiger partial charge in [0.15, 0.2) is 0 Å². The van der Waals surface area contributed by atoms with Crippen LogP contribution in [0.1, 0.15) is 22.3 Å². The van der Waals surface area contributed by atoms with Crippen LogP contribution >= 0.6 is 0 Å². The average Bonchev–Trinajstić information content (AvgIpc) is 2.66. The highest BCUT2D eigenvalue weighted by molar-refractivity contribution is 5.99. The summed E-state index contributed by atoms with van der Waals surface area (Å²) in [5.41, 5.74) is 9.29. The molecule has 5 nitrogen and oxygen atoms in total. The lowest BCUT2D eigenvalue weighted by atomic mass is 10.1. The summed E-state index contributed by atoms with van der Waals surface area (Å²) >= 11 is 0. The summed E-state index contributed by atoms with van der Waals surface area (Å²) in [4.78, 5) is 11.7. The lowest BCUT2D eigenvalue weighted by Crippen LogP contribution is -2.60. The Morgan fingerprint density at radius 3 is 2.54 bits per heavy atom. The summed E-state index contributed by atoms with van der Waals surface area (Å²) in [5.74, 6) is -0.375. The molecular weight excluding hydrogens is 324 g/mol. The van der Waals surface area contributed by atoms with Crippen molar-refractivity contribution in [3.8, 4) is 0 Å². The fourth-order valence-corrected chi connectivity index (χ4v) is 3.92. The summed E-state index contributed by atoms with van der Waals surface area (Å²) in [6.07, 6.45) is 1.03. The molecule has 0 radical (unpaired) electrons. The number of nitrogens with two attached hydrogens (primary N) is 1. The highest BCUT2D eigenvalue weighted by Crippen LogP contribution is 2.24. The minimum Gasteiger partial charge on any atom is -0.384 e. The summed E-state index contributed by atoms with van der Waals surface area (Å²) < 4.78 is 1.02. The molecule has 0 unspecified atom stereocenters. The number of benzene rings is 2. The van der Waals surface area contributed by atoms with Crippen LogP contribution in [0, 0.1) is 6.92 Å². The summed E-state index contributed by atoms with van der Waals surface area (Å²) in [5, 5.41) is 6.89. The topological polar surface area (TPSA) is 67.2 Å². The Bertz CT molecular complexity index is 739. The Morgan fingerprint density at radius 1 is 1.12 bits per heavy atom. The number of amides is 1. The van der Waals surface area contributed by atoms with Crippen molar-refractivity contribution in [3.63, 3.8) is 0 Å². The largest absolute Gasteiger partial charge is 0.384 e. The van der Waals surface area contributed by atoms with Crippen molar-refractivity contribution in [1.29, 1.82) is 0 Å². The average molecular weight is 353 g/mol. The minimum atomic E-state index is -0.375. The van der Waals surface area contributed by atoms with Gasteiger partial charge in [0.05, 0.1) is 25.2 Å². The molecule has 26 heavy (non-hydrogen) atoms. The van der Waals surface area contributed by atoms with Crippen LogP contribution in [0.15, 0.2) is 48.5 Å². The summed E-state index contributed by atoms with van der Waals surface area (Å²) in [6.45, 7) is 8.14. The monoisotopic (exact) mass is 353 g/mol. The Labute approximate surface area is 155 Å². The van der Waals surface area contributed by atoms with Gasteiger partial charge in [0, 0.05) is 31.7 Å². The van der Waals surface area contributed by atoms with Crippen molar-refractivity contribution >= 4 is 17.3 Å². The normalized spacial score (nSPS) is 16.2. The molecule has 5 heteroatoms. The molecule has 1 aliphatic heterocycles. The van der Waals surface area contributed by atoms with E-state index >= 15 is 0 Å². The van der Waals surface area contributed by atoms with Gasteiger partial charge in [0.2, 0.25) is 0 Å². The number of anilines is 1. The van der Waals surface area contributed by atoms with Gasteiger partial charge < -0.3 is 16.4 Å². The number of piperazine rings is 1. The molecule has 1 saturated heterocycles. The van der Waals surface area contributed by atoms with Crippen molar-refractivity contribution in [2.75, 3.05) is 44.6 Å². The number of hydrogen-bond donors (Lipinski definition) is 3. The van der Waals surface area contributed by atoms with Crippen LogP contribution < -0.4 is 20.9 Å². The number of hydrogen-bond acceptors (Lipinski definition) is 3. The first-order valence-corrected chi connectivity index (χ1v) is 9.38. The van der Waals surface area contributed by atoms with Gasteiger partial charge in [-0.15, -0.1) is 0 Å². The van der Waals surface area contributed by atoms with Crippen LogP contribution in [0.5, 0.6) is 0 Å². The number of aryl methyl sites for hydroxylation is 1. The maximum Gasteiger partial charge on any atom is 0.251 e. The summed E-state index contributed by atoms with van der Waals surface area (Å²) in [7, 11) is 0. The maximum absolute atomic E-state index is 11.7. The third-order valence-corrected chi connectivity index (χ3v) is 5.33. The highest BCUT2D eigenvalue weighted by Gasteiger charge is 2.31. The number of nitrogens with one attached hydrogen (secondary N) is 2. The Hall–Kier alpha value is -2.37. The van der Waals surface area contributed by atoms with Gasteiger partial charge in [-0.2, -0.15) is 0 Å². The molecule has 0 atom stereocenters. The second-order valence-electron chi connectivity index (χ2n) is 7.04. The van der Waals surface area contributed by atoms with E-state index in [9.17, 15) is 4.79 Å². The van der Waals surface area contributed by atoms with E-state index in [1.54, 1.807) is 0 Å². The van der Waals surface area contributed by atoms with Crippen molar-refractivity contribution in [2.45, 2.75) is 13.3 Å². The molecule has 1 aliphatic rings. The molecule has 4 N–H and O–H groups in total. The van der Waals surface area contributed by atoms with E-state index in [-0.39, 0.29) is 5.91 Å². The predicted octanol–water partition coefficient (Wildman–Crippen LogP) is 2.51. The molecule has 0 bridgehead atoms. The molecule has 2 aromatic carbocycles. The van der Waals surface area contributed by atoms with E-state index in [0.717, 1.165) is 61.4 Å². The third-order valence-electron chi connectivity index (χ3n) is 5.33. The van der Waals surface area contributed by atoms with E-state index in [4.69, 9.17) is 5.73 Å². The number of nitrogens with zero attached hydrogens (tertiary/aromatic N) is 1. The Morgan fingerprint density at radius 2 is 1.85 bits per heavy atom. The Balaban J connectivity index is 1.65. The first-order valence-electron chi connectivity index (χ1n) is 9.38. The van der Waals surface area contributed by atoms with Crippen molar-refractivity contribution in [3.05, 3.63) is 59.7 Å². The van der Waals surface area contributed by atoms with Crippen LogP contribution in [-0.2, 0) is 0 Å². The molecule has 2 aromatic rings. The first-order chi connectivity index (χ1) is 12.6. The van der Waals surface area contributed by atoms with E-state index in [1.165, 1.54) is 5.69 Å². The molecule has 0 aromatic heterocycles. The van der Waals surface area contributed by atoms with Crippen LogP contribution in [0.3, 0.4) is 0 Å². The third kappa shape index (κ3) is 4.06. The fraction of sp³-hybridized carbons (Fsp3) is 0.381. The number of quaternary nitrogens is 1. The van der Waals surface area contributed by atoms with E-state index in [0.29, 0.717) is 5.56 Å². The number of rotatable bonds is 7. The van der Waals surface area contributed by atoms with Gasteiger partial charge in [-0.3, -0.25) is 9.28 Å². The standard InChI is InChI=1S/C21H28N4O/c1-17-7-5-10-19(20(17)21(22)26)24-11-6-14-25(15-12-23-13-16-25)18-8-3-2-4-9-18/h2-5,7-10,23H,6,11-16H2,1H3,(H2-,22,24,26)/p+1. The summed E-state index contributed by atoms with van der Waals surface area (Å²) in [6, 6.07) is 16.6. The van der Waals surface area contributed by atoms with Gasteiger partial charge in [0.1, 0.15) is 5.69 Å². The SMILES string of the molecule is Cc1cccc(NCCC[N+]2(c3ccccc3)CCNCC2)c1C(N)=O. The van der Waals surface area contributed by atoms with Crippen LogP contribution in [0.25, 0.3) is 0 Å². The van der Waals surface area contributed by atoms with Crippen LogP contribution in [0.4, 0.5) is 11.4 Å². The Kier molecular flexibility index (Phi) is 5.91. The predicted molar refractivity (Wildman–Crippen MR) is 109 cm³/mol. The first kappa shape index (κ1) is 18.4. The van der Waals surface area contributed by atoms with Crippen molar-refractivity contribution < 1.29 is 4.79 Å².